The van der Waals surface area contributed by atoms with Crippen molar-refractivity contribution in [3.8, 4) is 0 Å². The Labute approximate surface area is 112 Å². The molecular weight excluding hydrogens is 277 g/mol. The number of hydrogen-bond acceptors (Lipinski definition) is 4. The van der Waals surface area contributed by atoms with Crippen LogP contribution in [-0.4, -0.2) is 24.1 Å². The second-order valence-corrected chi connectivity index (χ2v) is 3.90. The Bertz CT molecular complexity index is 581. The number of esters is 1. The van der Waals surface area contributed by atoms with Crippen molar-refractivity contribution in [2.45, 2.75) is 20.3 Å². The predicted molar refractivity (Wildman–Crippen MR) is 61.6 cm³/mol. The van der Waals surface area contributed by atoms with Gasteiger partial charge in [0.15, 0.2) is 17.4 Å². The predicted octanol–water partition coefficient (Wildman–Crippen LogP) is 2.12. The molecule has 0 amide bonds. The van der Waals surface area contributed by atoms with Crippen molar-refractivity contribution in [1.82, 2.24) is 0 Å². The molecule has 1 rings (SSSR count). The Balaban J connectivity index is 3.02. The summed E-state index contributed by atoms with van der Waals surface area (Å²) in [5, 5.41) is 0. The van der Waals surface area contributed by atoms with Crippen molar-refractivity contribution in [2.75, 3.05) is 6.61 Å². The third-order valence-corrected chi connectivity index (χ3v) is 2.51. The van der Waals surface area contributed by atoms with E-state index in [1.165, 1.54) is 6.92 Å². The van der Waals surface area contributed by atoms with E-state index in [1.807, 2.05) is 0 Å². The fraction of sp³-hybridized carbons (Fsp3) is 0.308. The van der Waals surface area contributed by atoms with Crippen LogP contribution >= 0.6 is 0 Å². The van der Waals surface area contributed by atoms with Crippen molar-refractivity contribution in [3.63, 3.8) is 0 Å². The van der Waals surface area contributed by atoms with E-state index in [4.69, 9.17) is 0 Å². The van der Waals surface area contributed by atoms with Crippen molar-refractivity contribution in [2.24, 2.45) is 0 Å². The van der Waals surface area contributed by atoms with Crippen LogP contribution in [0.3, 0.4) is 0 Å². The molecule has 0 atom stereocenters. The first-order valence-corrected chi connectivity index (χ1v) is 5.66. The zero-order valence-corrected chi connectivity index (χ0v) is 10.8. The maximum absolute atomic E-state index is 13.5. The maximum atomic E-state index is 13.5. The number of ether oxygens (including phenoxy) is 1. The van der Waals surface area contributed by atoms with Gasteiger partial charge in [0.25, 0.3) is 0 Å². The minimum absolute atomic E-state index is 0.0582. The first kappa shape index (κ1) is 15.9. The van der Waals surface area contributed by atoms with Gasteiger partial charge in [-0.2, -0.15) is 0 Å². The van der Waals surface area contributed by atoms with Crippen LogP contribution < -0.4 is 0 Å². The van der Waals surface area contributed by atoms with Gasteiger partial charge in [-0.3, -0.25) is 9.59 Å². The van der Waals surface area contributed by atoms with E-state index in [1.54, 1.807) is 0 Å². The molecule has 0 unspecified atom stereocenters. The van der Waals surface area contributed by atoms with Crippen molar-refractivity contribution < 1.29 is 32.3 Å². The normalized spacial score (nSPS) is 10.2. The lowest BCUT2D eigenvalue weighted by molar-refractivity contribution is -0.153. The van der Waals surface area contributed by atoms with Gasteiger partial charge in [-0.05, 0) is 13.8 Å². The number of Topliss-reactive ketones (excluding diaryl/α,β-unsaturated/α-hetero) is 2. The van der Waals surface area contributed by atoms with E-state index in [0.29, 0.717) is 0 Å². The van der Waals surface area contributed by atoms with Crippen molar-refractivity contribution in [1.29, 1.82) is 0 Å². The van der Waals surface area contributed by atoms with Crippen LogP contribution in [0, 0.1) is 24.4 Å². The van der Waals surface area contributed by atoms with Crippen LogP contribution in [0.4, 0.5) is 13.2 Å². The molecule has 0 N–H and O–H groups in total. The first-order chi connectivity index (χ1) is 9.29. The summed E-state index contributed by atoms with van der Waals surface area (Å²) in [5.74, 6) is -7.63. The van der Waals surface area contributed by atoms with Gasteiger partial charge in [-0.15, -0.1) is 0 Å². The van der Waals surface area contributed by atoms with E-state index < -0.39 is 52.5 Å². The summed E-state index contributed by atoms with van der Waals surface area (Å²) >= 11 is 0. The summed E-state index contributed by atoms with van der Waals surface area (Å²) in [6.45, 7) is 2.41. The molecule has 0 radical (unpaired) electrons. The Hall–Kier alpha value is -2.18. The van der Waals surface area contributed by atoms with E-state index in [2.05, 4.69) is 4.74 Å². The van der Waals surface area contributed by atoms with Gasteiger partial charge in [0.1, 0.15) is 5.82 Å². The van der Waals surface area contributed by atoms with E-state index >= 15 is 0 Å². The second kappa shape index (κ2) is 6.31. The maximum Gasteiger partial charge on any atom is 0.375 e. The van der Waals surface area contributed by atoms with Gasteiger partial charge in [-0.25, -0.2) is 18.0 Å². The van der Waals surface area contributed by atoms with Gasteiger partial charge >= 0.3 is 5.97 Å². The van der Waals surface area contributed by atoms with Crippen molar-refractivity contribution in [3.05, 3.63) is 34.6 Å². The van der Waals surface area contributed by atoms with Crippen molar-refractivity contribution >= 4 is 17.5 Å². The SMILES string of the molecule is CCOC(=O)C(=O)CC(=O)c1c(F)cc(F)c(F)c1C. The number of halogens is 3. The van der Waals surface area contributed by atoms with Gasteiger partial charge in [0.2, 0.25) is 5.78 Å². The molecule has 0 saturated heterocycles. The molecule has 1 aromatic carbocycles. The lowest BCUT2D eigenvalue weighted by Gasteiger charge is -2.07. The average Bonchev–Trinajstić information content (AvgIpc) is 2.36. The highest BCUT2D eigenvalue weighted by molar-refractivity contribution is 6.38. The number of carbonyl (C=O) groups excluding carboxylic acids is 3. The molecule has 0 aliphatic carbocycles. The topological polar surface area (TPSA) is 60.4 Å². The molecular formula is C13H11F3O4. The zero-order chi connectivity index (χ0) is 15.4. The van der Waals surface area contributed by atoms with Crippen LogP contribution in [0.5, 0.6) is 0 Å². The highest BCUT2D eigenvalue weighted by Gasteiger charge is 2.25. The first-order valence-electron chi connectivity index (χ1n) is 5.66. The fourth-order valence-electron chi connectivity index (χ4n) is 1.58. The average molecular weight is 288 g/mol. The molecule has 0 saturated carbocycles. The minimum atomic E-state index is -1.44. The quantitative estimate of drug-likeness (QED) is 0.274. The van der Waals surface area contributed by atoms with Gasteiger partial charge in [-0.1, -0.05) is 0 Å². The molecule has 0 heterocycles. The molecule has 1 aromatic rings. The molecule has 0 spiro atoms. The Kier molecular flexibility index (Phi) is 5.01. The number of hydrogen-bond donors (Lipinski definition) is 0. The summed E-state index contributed by atoms with van der Waals surface area (Å²) in [7, 11) is 0. The Morgan fingerprint density at radius 1 is 1.15 bits per heavy atom. The number of carbonyl (C=O) groups is 3. The smallest absolute Gasteiger partial charge is 0.375 e. The van der Waals surface area contributed by atoms with Crippen LogP contribution in [0.15, 0.2) is 6.07 Å². The summed E-state index contributed by atoms with van der Waals surface area (Å²) in [5.41, 5.74) is -1.30. The molecule has 4 nitrogen and oxygen atoms in total. The lowest BCUT2D eigenvalue weighted by atomic mass is 9.99. The molecule has 108 valence electrons. The molecule has 0 bridgehead atoms. The zero-order valence-electron chi connectivity index (χ0n) is 10.8. The summed E-state index contributed by atoms with van der Waals surface area (Å²) in [6.07, 6.45) is -0.971. The van der Waals surface area contributed by atoms with Crippen LogP contribution in [0.25, 0.3) is 0 Å². The molecule has 20 heavy (non-hydrogen) atoms. The third kappa shape index (κ3) is 3.23. The highest BCUT2D eigenvalue weighted by atomic mass is 19.2. The van der Waals surface area contributed by atoms with Crippen LogP contribution in [-0.2, 0) is 14.3 Å². The second-order valence-electron chi connectivity index (χ2n) is 3.90. The molecule has 7 heteroatoms. The van der Waals surface area contributed by atoms with E-state index in [9.17, 15) is 27.6 Å². The molecule has 0 fully saturated rings. The van der Waals surface area contributed by atoms with E-state index in [0.717, 1.165) is 6.92 Å². The van der Waals surface area contributed by atoms with Gasteiger partial charge < -0.3 is 4.74 Å². The number of ketones is 2. The van der Waals surface area contributed by atoms with E-state index in [-0.39, 0.29) is 12.7 Å². The molecule has 0 aliphatic rings. The summed E-state index contributed by atoms with van der Waals surface area (Å²) in [4.78, 5) is 34.1. The largest absolute Gasteiger partial charge is 0.460 e. The molecule has 0 aliphatic heterocycles. The monoisotopic (exact) mass is 288 g/mol. The Morgan fingerprint density at radius 3 is 2.30 bits per heavy atom. The van der Waals surface area contributed by atoms with Crippen LogP contribution in [0.1, 0.15) is 29.3 Å². The summed E-state index contributed by atoms with van der Waals surface area (Å²) < 4.78 is 44.0. The van der Waals surface area contributed by atoms with Crippen LogP contribution in [0.2, 0.25) is 0 Å². The lowest BCUT2D eigenvalue weighted by Crippen LogP contribution is -2.22. The molecule has 0 aromatic heterocycles. The highest BCUT2D eigenvalue weighted by Crippen LogP contribution is 2.21. The third-order valence-electron chi connectivity index (χ3n) is 2.51. The van der Waals surface area contributed by atoms with Gasteiger partial charge in [0, 0.05) is 11.6 Å². The summed E-state index contributed by atoms with van der Waals surface area (Å²) in [6, 6.07) is 0.213. The minimum Gasteiger partial charge on any atom is -0.460 e. The number of benzene rings is 1. The standard InChI is InChI=1S/C13H11F3O4/c1-3-20-13(19)10(18)5-9(17)11-6(2)12(16)8(15)4-7(11)14/h4H,3,5H2,1-2H3. The number of rotatable bonds is 5. The Morgan fingerprint density at radius 2 is 1.75 bits per heavy atom. The van der Waals surface area contributed by atoms with Gasteiger partial charge in [0.05, 0.1) is 18.6 Å². The fourth-order valence-corrected chi connectivity index (χ4v) is 1.58.